The molecule has 1 amide bonds. The molecule has 0 radical (unpaired) electrons. The van der Waals surface area contributed by atoms with Gasteiger partial charge in [-0.15, -0.1) is 0 Å². The lowest BCUT2D eigenvalue weighted by atomic mass is 10.0. The van der Waals surface area contributed by atoms with E-state index in [1.54, 1.807) is 9.80 Å². The van der Waals surface area contributed by atoms with Crippen molar-refractivity contribution in [2.75, 3.05) is 56.2 Å². The molecule has 0 N–H and O–H groups in total. The predicted octanol–water partition coefficient (Wildman–Crippen LogP) is 3.04. The Morgan fingerprint density at radius 2 is 2.05 bits per heavy atom. The van der Waals surface area contributed by atoms with E-state index in [1.807, 2.05) is 11.9 Å². The number of alkyl halides is 3. The average molecular weight is 571 g/mol. The number of amides is 1. The lowest BCUT2D eigenvalue weighted by molar-refractivity contribution is -0.140. The molecule has 13 heteroatoms. The van der Waals surface area contributed by atoms with Crippen LogP contribution in [-0.4, -0.2) is 89.1 Å². The van der Waals surface area contributed by atoms with Gasteiger partial charge in [-0.25, -0.2) is 4.98 Å². The van der Waals surface area contributed by atoms with Gasteiger partial charge < -0.3 is 24.3 Å². The number of pyridine rings is 1. The second kappa shape index (κ2) is 11.9. The van der Waals surface area contributed by atoms with Crippen LogP contribution in [0.15, 0.2) is 31.0 Å². The summed E-state index contributed by atoms with van der Waals surface area (Å²) in [6.45, 7) is 6.66. The number of hydrogen-bond acceptors (Lipinski definition) is 9. The summed E-state index contributed by atoms with van der Waals surface area (Å²) in [7, 11) is 2.05. The van der Waals surface area contributed by atoms with Crippen LogP contribution in [0.1, 0.15) is 36.2 Å². The molecule has 2 aromatic heterocycles. The molecule has 0 bridgehead atoms. The third kappa shape index (κ3) is 6.07. The molecule has 3 aliphatic rings. The summed E-state index contributed by atoms with van der Waals surface area (Å²) in [6.07, 6.45) is 0.446. The Morgan fingerprint density at radius 1 is 1.22 bits per heavy atom. The number of halogens is 3. The van der Waals surface area contributed by atoms with Gasteiger partial charge in [0.15, 0.2) is 5.69 Å². The van der Waals surface area contributed by atoms with Crippen LogP contribution in [-0.2, 0) is 23.9 Å². The first-order chi connectivity index (χ1) is 19.7. The number of piperazine rings is 1. The van der Waals surface area contributed by atoms with E-state index >= 15 is 0 Å². The molecule has 5 rings (SSSR count). The Hall–Kier alpha value is -3.92. The van der Waals surface area contributed by atoms with Crippen molar-refractivity contribution >= 4 is 17.4 Å². The van der Waals surface area contributed by atoms with Crippen molar-refractivity contribution in [2.24, 2.45) is 0 Å². The van der Waals surface area contributed by atoms with E-state index in [9.17, 15) is 23.2 Å². The quantitative estimate of drug-likeness (QED) is 0.465. The van der Waals surface area contributed by atoms with Crippen molar-refractivity contribution < 1.29 is 22.7 Å². The van der Waals surface area contributed by atoms with Crippen LogP contribution in [0.5, 0.6) is 6.01 Å². The van der Waals surface area contributed by atoms with E-state index < -0.39 is 11.9 Å². The number of carbonyl (C=O) groups is 1. The van der Waals surface area contributed by atoms with Crippen molar-refractivity contribution in [3.8, 4) is 12.1 Å². The molecule has 2 unspecified atom stereocenters. The summed E-state index contributed by atoms with van der Waals surface area (Å²) >= 11 is 0. The molecule has 0 aromatic carbocycles. The van der Waals surface area contributed by atoms with Crippen LogP contribution >= 0.6 is 0 Å². The average Bonchev–Trinajstić information content (AvgIpc) is 3.39. The number of fused-ring (bicyclic) bond motifs is 1. The largest absolute Gasteiger partial charge is 0.462 e. The van der Waals surface area contributed by atoms with Crippen molar-refractivity contribution in [3.63, 3.8) is 0 Å². The van der Waals surface area contributed by atoms with Crippen molar-refractivity contribution in [1.82, 2.24) is 24.8 Å². The first-order valence-corrected chi connectivity index (χ1v) is 13.7. The molecule has 10 nitrogen and oxygen atoms in total. The topological polar surface area (TPSA) is 102 Å². The van der Waals surface area contributed by atoms with Crippen LogP contribution in [0.2, 0.25) is 0 Å². The fraction of sp³-hybridized carbons (Fsp3) is 0.536. The normalized spacial score (nSPS) is 21.4. The Balaban J connectivity index is 1.47. The van der Waals surface area contributed by atoms with Gasteiger partial charge in [-0.3, -0.25) is 4.79 Å². The molecule has 0 saturated carbocycles. The predicted molar refractivity (Wildman–Crippen MR) is 145 cm³/mol. The monoisotopic (exact) mass is 570 g/mol. The lowest BCUT2D eigenvalue weighted by Crippen LogP contribution is -2.55. The highest BCUT2D eigenvalue weighted by Gasteiger charge is 2.38. The van der Waals surface area contributed by atoms with Gasteiger partial charge in [0, 0.05) is 44.0 Å². The van der Waals surface area contributed by atoms with Crippen molar-refractivity contribution in [2.45, 2.75) is 50.5 Å². The molecule has 218 valence electrons. The molecule has 3 aliphatic heterocycles. The molecule has 2 aromatic rings. The minimum absolute atomic E-state index is 0.00602. The molecule has 2 saturated heterocycles. The highest BCUT2D eigenvalue weighted by molar-refractivity contribution is 5.87. The Morgan fingerprint density at radius 3 is 2.76 bits per heavy atom. The number of nitrogens with zero attached hydrogens (tertiary/aromatic N) is 8. The lowest BCUT2D eigenvalue weighted by Gasteiger charge is -2.42. The minimum Gasteiger partial charge on any atom is -0.462 e. The Labute approximate surface area is 237 Å². The number of hydrogen-bond donors (Lipinski definition) is 0. The molecule has 5 heterocycles. The number of ether oxygens (including phenoxy) is 1. The van der Waals surface area contributed by atoms with Crippen LogP contribution in [0.4, 0.5) is 24.7 Å². The van der Waals surface area contributed by atoms with Crippen LogP contribution in [0.25, 0.3) is 0 Å². The third-order valence-corrected chi connectivity index (χ3v) is 8.06. The summed E-state index contributed by atoms with van der Waals surface area (Å²) in [5, 5.41) is 9.42. The molecular formula is C28H33F3N8O2. The molecule has 0 aliphatic carbocycles. The fourth-order valence-corrected chi connectivity index (χ4v) is 5.89. The molecule has 0 spiro atoms. The van der Waals surface area contributed by atoms with E-state index in [4.69, 9.17) is 9.72 Å². The van der Waals surface area contributed by atoms with E-state index in [2.05, 4.69) is 27.5 Å². The maximum absolute atomic E-state index is 13.8. The van der Waals surface area contributed by atoms with Gasteiger partial charge in [0.05, 0.1) is 36.5 Å². The first-order valence-electron chi connectivity index (χ1n) is 13.7. The zero-order valence-electron chi connectivity index (χ0n) is 23.0. The number of carbonyl (C=O) groups excluding carboxylic acids is 1. The van der Waals surface area contributed by atoms with E-state index in [0.29, 0.717) is 50.7 Å². The second-order valence-corrected chi connectivity index (χ2v) is 10.6. The van der Waals surface area contributed by atoms with Gasteiger partial charge in [-0.2, -0.15) is 28.4 Å². The van der Waals surface area contributed by atoms with Crippen molar-refractivity contribution in [1.29, 1.82) is 5.26 Å². The number of anilines is 2. The number of likely N-dealkylation sites (N-methyl/N-ethyl adjacent to an activating group) is 1. The summed E-state index contributed by atoms with van der Waals surface area (Å²) in [5.74, 6) is 0.409. The molecule has 2 fully saturated rings. The van der Waals surface area contributed by atoms with Gasteiger partial charge in [0.2, 0.25) is 5.91 Å². The van der Waals surface area contributed by atoms with Gasteiger partial charge in [-0.1, -0.05) is 6.58 Å². The smallest absolute Gasteiger partial charge is 0.435 e. The van der Waals surface area contributed by atoms with Crippen LogP contribution in [0.3, 0.4) is 0 Å². The fourth-order valence-electron chi connectivity index (χ4n) is 5.89. The summed E-state index contributed by atoms with van der Waals surface area (Å²) in [6, 6.07) is 5.14. The number of aromatic nitrogens is 3. The number of likely N-dealkylation sites (tertiary alicyclic amines) is 1. The number of rotatable bonds is 7. The van der Waals surface area contributed by atoms with Gasteiger partial charge in [0.1, 0.15) is 12.4 Å². The maximum Gasteiger partial charge on any atom is 0.435 e. The van der Waals surface area contributed by atoms with Gasteiger partial charge in [-0.05, 0) is 51.1 Å². The summed E-state index contributed by atoms with van der Waals surface area (Å²) < 4.78 is 47.4. The highest BCUT2D eigenvalue weighted by Crippen LogP contribution is 2.38. The molecule has 2 atom stereocenters. The minimum atomic E-state index is -4.59. The number of nitriles is 1. The van der Waals surface area contributed by atoms with Gasteiger partial charge in [0.25, 0.3) is 0 Å². The van der Waals surface area contributed by atoms with Crippen LogP contribution in [0, 0.1) is 11.3 Å². The molecular weight excluding hydrogens is 537 g/mol. The zero-order chi connectivity index (χ0) is 29.1. The Bertz CT molecular complexity index is 1330. The summed E-state index contributed by atoms with van der Waals surface area (Å²) in [5.41, 5.74) is 0.505. The first kappa shape index (κ1) is 28.6. The van der Waals surface area contributed by atoms with Crippen LogP contribution < -0.4 is 14.5 Å². The Kier molecular flexibility index (Phi) is 8.30. The summed E-state index contributed by atoms with van der Waals surface area (Å²) in [4.78, 5) is 33.1. The highest BCUT2D eigenvalue weighted by atomic mass is 19.4. The molecule has 41 heavy (non-hydrogen) atoms. The maximum atomic E-state index is 13.8. The second-order valence-electron chi connectivity index (χ2n) is 10.6. The van der Waals surface area contributed by atoms with E-state index in [1.165, 1.54) is 18.2 Å². The van der Waals surface area contributed by atoms with E-state index in [-0.39, 0.29) is 42.7 Å². The zero-order valence-corrected chi connectivity index (χ0v) is 23.0. The van der Waals surface area contributed by atoms with Gasteiger partial charge >= 0.3 is 12.2 Å². The van der Waals surface area contributed by atoms with E-state index in [0.717, 1.165) is 31.1 Å². The SMILES string of the molecule is C=CC(=O)N1CCN(c2nc(OCC3CCCN3C)nc3c2CCN(c2cccnc2C(F)(F)F)C3)CC1CC#N. The van der Waals surface area contributed by atoms with Crippen molar-refractivity contribution in [3.05, 3.63) is 47.9 Å². The third-order valence-electron chi connectivity index (χ3n) is 8.06. The standard InChI is InChI=1S/C28H33F3N8O2/c1-3-24(40)39-15-14-38(16-19(39)8-10-32)26-21-9-13-37(23-7-4-11-33-25(23)28(29,30)31)17-22(21)34-27(35-26)41-18-20-6-5-12-36(20)2/h3-4,7,11,19-20H,1,5-6,8-9,12-18H2,2H3.